The topological polar surface area (TPSA) is 51.5 Å². The van der Waals surface area contributed by atoms with Crippen molar-refractivity contribution in [3.8, 4) is 28.0 Å². The Hall–Kier alpha value is -5.04. The fourth-order valence-electron chi connectivity index (χ4n) is 5.32. The minimum absolute atomic E-state index is 0.113. The molecule has 0 bridgehead atoms. The van der Waals surface area contributed by atoms with Gasteiger partial charge in [0.1, 0.15) is 12.4 Å². The monoisotopic (exact) mass is 551 g/mol. The second-order valence-electron chi connectivity index (χ2n) is 9.69. The summed E-state index contributed by atoms with van der Waals surface area (Å²) < 4.78 is 49.0. The van der Waals surface area contributed by atoms with Crippen LogP contribution in [0, 0.1) is 0 Å². The predicted molar refractivity (Wildman–Crippen MR) is 154 cm³/mol. The fraction of sp³-hybridized carbons (Fsp3) is 0.0882. The Balaban J connectivity index is 1.47. The molecule has 0 amide bonds. The normalized spacial score (nSPS) is 11.7. The van der Waals surface area contributed by atoms with E-state index in [1.54, 1.807) is 30.3 Å². The van der Waals surface area contributed by atoms with Gasteiger partial charge in [-0.15, -0.1) is 0 Å². The van der Waals surface area contributed by atoms with Crippen LogP contribution in [0.15, 0.2) is 115 Å². The fourth-order valence-corrected chi connectivity index (χ4v) is 5.32. The minimum atomic E-state index is -4.50. The van der Waals surface area contributed by atoms with Gasteiger partial charge < -0.3 is 14.4 Å². The number of carbonyl (C=O) groups is 1. The molecular weight excluding hydrogens is 527 g/mol. The molecule has 4 nitrogen and oxygen atoms in total. The van der Waals surface area contributed by atoms with Crippen molar-refractivity contribution in [3.63, 3.8) is 0 Å². The number of nitrogens with zero attached hydrogens (tertiary/aromatic N) is 1. The molecule has 0 atom stereocenters. The Morgan fingerprint density at radius 2 is 1.49 bits per heavy atom. The number of rotatable bonds is 7. The predicted octanol–water partition coefficient (Wildman–Crippen LogP) is 8.92. The van der Waals surface area contributed by atoms with Gasteiger partial charge in [0.25, 0.3) is 0 Å². The van der Waals surface area contributed by atoms with Crippen LogP contribution in [-0.2, 0) is 12.7 Å². The largest absolute Gasteiger partial charge is 0.491 e. The molecule has 0 saturated heterocycles. The van der Waals surface area contributed by atoms with Gasteiger partial charge in [-0.1, -0.05) is 78.9 Å². The Bertz CT molecular complexity index is 1900. The highest BCUT2D eigenvalue weighted by Crippen LogP contribution is 2.41. The van der Waals surface area contributed by atoms with Crippen LogP contribution in [-0.4, -0.2) is 22.2 Å². The van der Waals surface area contributed by atoms with Gasteiger partial charge in [-0.3, -0.25) is 0 Å². The van der Waals surface area contributed by atoms with Gasteiger partial charge in [-0.05, 0) is 52.4 Å². The van der Waals surface area contributed by atoms with Crippen molar-refractivity contribution < 1.29 is 27.8 Å². The van der Waals surface area contributed by atoms with Crippen LogP contribution in [0.2, 0.25) is 0 Å². The van der Waals surface area contributed by atoms with Crippen LogP contribution in [0.3, 0.4) is 0 Å². The first-order valence-electron chi connectivity index (χ1n) is 13.0. The molecule has 6 aromatic rings. The number of hydrogen-bond acceptors (Lipinski definition) is 2. The molecule has 0 unspecified atom stereocenters. The highest BCUT2D eigenvalue weighted by Gasteiger charge is 2.31. The number of benzene rings is 5. The summed E-state index contributed by atoms with van der Waals surface area (Å²) in [6.45, 7) is 0.735. The van der Waals surface area contributed by atoms with Gasteiger partial charge in [0.05, 0.1) is 17.7 Å². The van der Waals surface area contributed by atoms with Crippen LogP contribution in [0.4, 0.5) is 13.2 Å². The number of carboxylic acid groups (broad SMARTS) is 1. The molecule has 1 N–H and O–H groups in total. The lowest BCUT2D eigenvalue weighted by Gasteiger charge is -2.12. The van der Waals surface area contributed by atoms with E-state index >= 15 is 0 Å². The van der Waals surface area contributed by atoms with Crippen LogP contribution >= 0.6 is 0 Å². The molecule has 0 spiro atoms. The smallest absolute Gasteiger partial charge is 0.416 e. The van der Waals surface area contributed by atoms with Crippen molar-refractivity contribution in [2.45, 2.75) is 12.7 Å². The van der Waals surface area contributed by atoms with Crippen LogP contribution in [0.5, 0.6) is 5.75 Å². The van der Waals surface area contributed by atoms with Gasteiger partial charge in [0, 0.05) is 28.0 Å². The number of hydrogen-bond donors (Lipinski definition) is 1. The van der Waals surface area contributed by atoms with Crippen LogP contribution in [0.25, 0.3) is 43.9 Å². The van der Waals surface area contributed by atoms with E-state index in [4.69, 9.17) is 4.74 Å². The molecule has 5 aromatic carbocycles. The second kappa shape index (κ2) is 10.5. The molecule has 0 fully saturated rings. The number of halogens is 3. The summed E-state index contributed by atoms with van der Waals surface area (Å²) >= 11 is 0. The summed E-state index contributed by atoms with van der Waals surface area (Å²) in [6, 6.07) is 31.1. The van der Waals surface area contributed by atoms with E-state index < -0.39 is 17.7 Å². The van der Waals surface area contributed by atoms with Crippen molar-refractivity contribution in [2.24, 2.45) is 0 Å². The molecule has 6 rings (SSSR count). The number of aromatic nitrogens is 1. The Kier molecular flexibility index (Phi) is 6.71. The van der Waals surface area contributed by atoms with Crippen molar-refractivity contribution in [2.75, 3.05) is 6.61 Å². The summed E-state index contributed by atoms with van der Waals surface area (Å²) in [4.78, 5) is 12.1. The molecule has 0 aliphatic rings. The Morgan fingerprint density at radius 3 is 2.32 bits per heavy atom. The molecule has 41 heavy (non-hydrogen) atoms. The first-order chi connectivity index (χ1) is 19.8. The van der Waals surface area contributed by atoms with Crippen molar-refractivity contribution in [1.82, 2.24) is 4.57 Å². The molecule has 0 saturated carbocycles. The average Bonchev–Trinajstić information content (AvgIpc) is 3.36. The zero-order valence-electron chi connectivity index (χ0n) is 21.7. The van der Waals surface area contributed by atoms with Crippen LogP contribution < -0.4 is 4.74 Å². The van der Waals surface area contributed by atoms with E-state index in [1.807, 2.05) is 65.4 Å². The summed E-state index contributed by atoms with van der Waals surface area (Å²) in [5.41, 5.74) is 2.20. The van der Waals surface area contributed by atoms with E-state index in [9.17, 15) is 23.1 Å². The molecule has 0 aliphatic carbocycles. The molecule has 1 aromatic heterocycles. The number of ether oxygens (including phenoxy) is 1. The number of alkyl halides is 3. The zero-order chi connectivity index (χ0) is 28.6. The van der Waals surface area contributed by atoms with E-state index in [0.29, 0.717) is 40.8 Å². The van der Waals surface area contributed by atoms with Crippen LogP contribution in [0.1, 0.15) is 15.9 Å². The maximum atomic E-state index is 13.6. The van der Waals surface area contributed by atoms with Crippen molar-refractivity contribution in [3.05, 3.63) is 127 Å². The summed E-state index contributed by atoms with van der Waals surface area (Å²) in [6.07, 6.45) is -2.68. The number of aromatic carboxylic acids is 1. The van der Waals surface area contributed by atoms with Crippen molar-refractivity contribution in [1.29, 1.82) is 0 Å². The molecule has 0 aliphatic heterocycles. The molecular formula is C34H24F3NO3. The highest BCUT2D eigenvalue weighted by atomic mass is 19.4. The first-order valence-corrected chi connectivity index (χ1v) is 13.0. The lowest BCUT2D eigenvalue weighted by molar-refractivity contribution is -0.137. The lowest BCUT2D eigenvalue weighted by atomic mass is 9.93. The lowest BCUT2D eigenvalue weighted by Crippen LogP contribution is -2.07. The highest BCUT2D eigenvalue weighted by molar-refractivity contribution is 6.09. The molecule has 7 heteroatoms. The standard InChI is InChI=1S/C34H24F3NO3/c35-34(36,37)24-11-5-10-23(20-24)29-21-38(18-19-41-31-17-6-9-22-8-1-2-12-25(22)31)30-16-7-15-27(32(29)30)26-13-3-4-14-28(26)33(39)40/h1-17,20-21H,18-19H2,(H,39,40). The number of fused-ring (bicyclic) bond motifs is 2. The molecule has 1 heterocycles. The van der Waals surface area contributed by atoms with Gasteiger partial charge >= 0.3 is 12.1 Å². The zero-order valence-corrected chi connectivity index (χ0v) is 21.7. The summed E-state index contributed by atoms with van der Waals surface area (Å²) in [5.74, 6) is -0.338. The van der Waals surface area contributed by atoms with Gasteiger partial charge in [0.15, 0.2) is 0 Å². The van der Waals surface area contributed by atoms with Crippen molar-refractivity contribution >= 4 is 27.6 Å². The van der Waals surface area contributed by atoms with Gasteiger partial charge in [0.2, 0.25) is 0 Å². The Labute approximate surface area is 233 Å². The third-order valence-electron chi connectivity index (χ3n) is 7.19. The van der Waals surface area contributed by atoms with E-state index in [1.165, 1.54) is 12.1 Å². The maximum absolute atomic E-state index is 13.6. The average molecular weight is 552 g/mol. The van der Waals surface area contributed by atoms with Gasteiger partial charge in [-0.25, -0.2) is 4.79 Å². The Morgan fingerprint density at radius 1 is 0.780 bits per heavy atom. The van der Waals surface area contributed by atoms with E-state index in [2.05, 4.69) is 0 Å². The summed E-state index contributed by atoms with van der Waals surface area (Å²) in [7, 11) is 0. The third-order valence-corrected chi connectivity index (χ3v) is 7.19. The maximum Gasteiger partial charge on any atom is 0.416 e. The molecule has 204 valence electrons. The van der Waals surface area contributed by atoms with E-state index in [0.717, 1.165) is 34.2 Å². The second-order valence-corrected chi connectivity index (χ2v) is 9.69. The SMILES string of the molecule is O=C(O)c1ccccc1-c1cccc2c1c(-c1cccc(C(F)(F)F)c1)cn2CCOc1cccc2ccccc12. The molecule has 0 radical (unpaired) electrons. The van der Waals surface area contributed by atoms with E-state index in [-0.39, 0.29) is 5.56 Å². The van der Waals surface area contributed by atoms with Gasteiger partial charge in [-0.2, -0.15) is 13.2 Å². The minimum Gasteiger partial charge on any atom is -0.491 e. The quantitative estimate of drug-likeness (QED) is 0.216. The third kappa shape index (κ3) is 5.02. The summed E-state index contributed by atoms with van der Waals surface area (Å²) in [5, 5.41) is 12.6. The number of carboxylic acids is 1. The first kappa shape index (κ1) is 26.2.